The summed E-state index contributed by atoms with van der Waals surface area (Å²) in [6.45, 7) is 4.68. The lowest BCUT2D eigenvalue weighted by Gasteiger charge is -2.18. The minimum absolute atomic E-state index is 0.0181. The number of nitrogens with one attached hydrogen (secondary N) is 2. The monoisotopic (exact) mass is 301 g/mol. The van der Waals surface area contributed by atoms with Crippen LogP contribution in [0.4, 0.5) is 0 Å². The summed E-state index contributed by atoms with van der Waals surface area (Å²) in [6, 6.07) is 7.66. The Labute approximate surface area is 130 Å². The van der Waals surface area contributed by atoms with E-state index in [-0.39, 0.29) is 11.9 Å². The van der Waals surface area contributed by atoms with Crippen molar-refractivity contribution < 1.29 is 4.79 Å². The Bertz CT molecular complexity index is 594. The minimum atomic E-state index is -0.168. The molecule has 0 saturated carbocycles. The van der Waals surface area contributed by atoms with Crippen molar-refractivity contribution in [2.45, 2.75) is 32.9 Å². The van der Waals surface area contributed by atoms with E-state index < -0.39 is 0 Å². The zero-order valence-electron chi connectivity index (χ0n) is 13.3. The van der Waals surface area contributed by atoms with Crippen molar-refractivity contribution in [1.82, 2.24) is 25.4 Å². The van der Waals surface area contributed by atoms with Gasteiger partial charge in [0.1, 0.15) is 12.7 Å². The molecule has 0 bridgehead atoms. The van der Waals surface area contributed by atoms with E-state index in [2.05, 4.69) is 34.6 Å². The molecule has 2 aromatic rings. The molecule has 1 amide bonds. The number of aromatic nitrogens is 3. The topological polar surface area (TPSA) is 71.8 Å². The molecule has 1 aromatic heterocycles. The summed E-state index contributed by atoms with van der Waals surface area (Å²) in [7, 11) is 1.82. The van der Waals surface area contributed by atoms with Gasteiger partial charge in [0.15, 0.2) is 0 Å². The number of hydrogen-bond donors (Lipinski definition) is 2. The van der Waals surface area contributed by atoms with E-state index in [1.54, 1.807) is 11.0 Å². The molecule has 118 valence electrons. The molecule has 6 heteroatoms. The van der Waals surface area contributed by atoms with E-state index in [4.69, 9.17) is 0 Å². The highest BCUT2D eigenvalue weighted by atomic mass is 16.2. The van der Waals surface area contributed by atoms with Gasteiger partial charge in [-0.3, -0.25) is 4.79 Å². The lowest BCUT2D eigenvalue weighted by atomic mass is 10.0. The fourth-order valence-electron chi connectivity index (χ4n) is 2.35. The second kappa shape index (κ2) is 7.70. The Morgan fingerprint density at radius 3 is 2.73 bits per heavy atom. The minimum Gasteiger partial charge on any atom is -0.351 e. The van der Waals surface area contributed by atoms with E-state index in [9.17, 15) is 4.79 Å². The van der Waals surface area contributed by atoms with Gasteiger partial charge in [-0.25, -0.2) is 9.67 Å². The van der Waals surface area contributed by atoms with E-state index in [1.165, 1.54) is 6.33 Å². The molecule has 0 unspecified atom stereocenters. The molecule has 0 spiro atoms. The van der Waals surface area contributed by atoms with Gasteiger partial charge in [0.2, 0.25) is 5.91 Å². The highest BCUT2D eigenvalue weighted by molar-refractivity contribution is 5.81. The Morgan fingerprint density at radius 1 is 1.32 bits per heavy atom. The molecule has 22 heavy (non-hydrogen) atoms. The standard InChI is InChI=1S/C16H23N5O/c1-12(2)8-14(17-3)16(22)19-9-13-6-4-5-7-15(13)21-11-18-10-20-21/h4-7,10-12,14,17H,8-9H2,1-3H3,(H,19,22)/t14-/m0/s1. The van der Waals surface area contributed by atoms with E-state index in [0.717, 1.165) is 17.7 Å². The van der Waals surface area contributed by atoms with Gasteiger partial charge < -0.3 is 10.6 Å². The van der Waals surface area contributed by atoms with Gasteiger partial charge in [0, 0.05) is 6.54 Å². The third kappa shape index (κ3) is 4.14. The lowest BCUT2D eigenvalue weighted by molar-refractivity contribution is -0.123. The van der Waals surface area contributed by atoms with Crippen molar-refractivity contribution in [3.05, 3.63) is 42.5 Å². The maximum Gasteiger partial charge on any atom is 0.237 e. The summed E-state index contributed by atoms with van der Waals surface area (Å²) in [6.07, 6.45) is 3.96. The molecule has 1 atom stereocenters. The SMILES string of the molecule is CN[C@@H](CC(C)C)C(=O)NCc1ccccc1-n1cncn1. The molecule has 0 aliphatic carbocycles. The number of nitrogens with zero attached hydrogens (tertiary/aromatic N) is 3. The van der Waals surface area contributed by atoms with Crippen LogP contribution >= 0.6 is 0 Å². The second-order valence-corrected chi connectivity index (χ2v) is 5.66. The van der Waals surface area contributed by atoms with Crippen LogP contribution in [0, 0.1) is 5.92 Å². The largest absolute Gasteiger partial charge is 0.351 e. The van der Waals surface area contributed by atoms with Gasteiger partial charge in [0.05, 0.1) is 11.7 Å². The zero-order valence-corrected chi connectivity index (χ0v) is 13.3. The normalized spacial score (nSPS) is 12.4. The highest BCUT2D eigenvalue weighted by Crippen LogP contribution is 2.13. The van der Waals surface area contributed by atoms with Gasteiger partial charge in [-0.1, -0.05) is 32.0 Å². The molecule has 0 saturated heterocycles. The molecule has 0 radical (unpaired) electrons. The first-order valence-electron chi connectivity index (χ1n) is 7.49. The van der Waals surface area contributed by atoms with Crippen LogP contribution < -0.4 is 10.6 Å². The van der Waals surface area contributed by atoms with E-state index in [0.29, 0.717) is 12.5 Å². The van der Waals surface area contributed by atoms with Gasteiger partial charge in [-0.2, -0.15) is 5.10 Å². The predicted octanol–water partition coefficient (Wildman–Crippen LogP) is 1.52. The van der Waals surface area contributed by atoms with Crippen LogP contribution in [0.15, 0.2) is 36.9 Å². The summed E-state index contributed by atoms with van der Waals surface area (Å²) >= 11 is 0. The number of rotatable bonds is 7. The number of amides is 1. The highest BCUT2D eigenvalue weighted by Gasteiger charge is 2.17. The van der Waals surface area contributed by atoms with Crippen LogP contribution in [0.1, 0.15) is 25.8 Å². The van der Waals surface area contributed by atoms with Crippen molar-refractivity contribution in [1.29, 1.82) is 0 Å². The summed E-state index contributed by atoms with van der Waals surface area (Å²) in [5.41, 5.74) is 1.92. The molecule has 0 aliphatic rings. The van der Waals surface area contributed by atoms with E-state index in [1.807, 2.05) is 31.3 Å². The maximum absolute atomic E-state index is 12.3. The Hall–Kier alpha value is -2.21. The van der Waals surface area contributed by atoms with E-state index >= 15 is 0 Å². The van der Waals surface area contributed by atoms with Gasteiger partial charge in [-0.05, 0) is 31.0 Å². The third-order valence-electron chi connectivity index (χ3n) is 3.48. The Balaban J connectivity index is 2.04. The second-order valence-electron chi connectivity index (χ2n) is 5.66. The molecule has 0 aliphatic heterocycles. The molecule has 2 N–H and O–H groups in total. The maximum atomic E-state index is 12.3. The summed E-state index contributed by atoms with van der Waals surface area (Å²) in [5, 5.41) is 10.2. The van der Waals surface area contributed by atoms with Crippen molar-refractivity contribution in [2.75, 3.05) is 7.05 Å². The van der Waals surface area contributed by atoms with Crippen molar-refractivity contribution >= 4 is 5.91 Å². The smallest absolute Gasteiger partial charge is 0.237 e. The van der Waals surface area contributed by atoms with Crippen molar-refractivity contribution in [3.63, 3.8) is 0 Å². The first-order valence-corrected chi connectivity index (χ1v) is 7.49. The van der Waals surface area contributed by atoms with Gasteiger partial charge >= 0.3 is 0 Å². The van der Waals surface area contributed by atoms with Crippen molar-refractivity contribution in [2.24, 2.45) is 5.92 Å². The molecular formula is C16H23N5O. The molecule has 0 fully saturated rings. The van der Waals surface area contributed by atoms with Gasteiger partial charge in [-0.15, -0.1) is 0 Å². The number of carbonyl (C=O) groups is 1. The fraction of sp³-hybridized carbons (Fsp3) is 0.438. The summed E-state index contributed by atoms with van der Waals surface area (Å²) in [5.74, 6) is 0.482. The third-order valence-corrected chi connectivity index (χ3v) is 3.48. The molecule has 1 aromatic carbocycles. The number of likely N-dealkylation sites (N-methyl/N-ethyl adjacent to an activating group) is 1. The number of para-hydroxylation sites is 1. The predicted molar refractivity (Wildman–Crippen MR) is 85.5 cm³/mol. The summed E-state index contributed by atoms with van der Waals surface area (Å²) in [4.78, 5) is 16.2. The van der Waals surface area contributed by atoms with Crippen LogP contribution in [0.3, 0.4) is 0 Å². The quantitative estimate of drug-likeness (QED) is 0.813. The first kappa shape index (κ1) is 16.2. The van der Waals surface area contributed by atoms with Crippen LogP contribution in [0.2, 0.25) is 0 Å². The number of hydrogen-bond acceptors (Lipinski definition) is 4. The average molecular weight is 301 g/mol. The number of carbonyl (C=O) groups excluding carboxylic acids is 1. The fourth-order valence-corrected chi connectivity index (χ4v) is 2.35. The Morgan fingerprint density at radius 2 is 2.09 bits per heavy atom. The van der Waals surface area contributed by atoms with Gasteiger partial charge in [0.25, 0.3) is 0 Å². The van der Waals surface area contributed by atoms with Crippen LogP contribution in [0.25, 0.3) is 5.69 Å². The Kier molecular flexibility index (Phi) is 5.66. The molecule has 1 heterocycles. The molecule has 6 nitrogen and oxygen atoms in total. The average Bonchev–Trinajstić information content (AvgIpc) is 3.04. The van der Waals surface area contributed by atoms with Crippen LogP contribution in [-0.4, -0.2) is 33.8 Å². The number of benzene rings is 1. The summed E-state index contributed by atoms with van der Waals surface area (Å²) < 4.78 is 1.70. The van der Waals surface area contributed by atoms with Crippen LogP contribution in [0.5, 0.6) is 0 Å². The lowest BCUT2D eigenvalue weighted by Crippen LogP contribution is -2.43. The van der Waals surface area contributed by atoms with Crippen molar-refractivity contribution in [3.8, 4) is 5.69 Å². The first-order chi connectivity index (χ1) is 10.6. The molecular weight excluding hydrogens is 278 g/mol. The zero-order chi connectivity index (χ0) is 15.9. The van der Waals surface area contributed by atoms with Crippen LogP contribution in [-0.2, 0) is 11.3 Å². The molecule has 2 rings (SSSR count).